The maximum Gasteiger partial charge on any atom is 0.416 e. The maximum atomic E-state index is 13.5. The number of nitrogens with one attached hydrogen (secondary N) is 1. The fourth-order valence-electron chi connectivity index (χ4n) is 4.60. The number of ether oxygens (including phenoxy) is 1. The molecule has 39 heavy (non-hydrogen) atoms. The molecule has 1 fully saturated rings. The van der Waals surface area contributed by atoms with E-state index in [1.54, 1.807) is 23.2 Å². The first-order chi connectivity index (χ1) is 18.8. The zero-order valence-electron chi connectivity index (χ0n) is 21.1. The molecule has 5 rings (SSSR count). The van der Waals surface area contributed by atoms with Crippen molar-refractivity contribution in [2.45, 2.75) is 43.2 Å². The minimum absolute atomic E-state index is 0.139. The Morgan fingerprint density at radius 3 is 2.69 bits per heavy atom. The number of alkyl halides is 3. The average molecular weight is 554 g/mol. The van der Waals surface area contributed by atoms with E-state index in [1.165, 1.54) is 17.8 Å². The summed E-state index contributed by atoms with van der Waals surface area (Å²) >= 11 is 1.35. The number of aromatic nitrogens is 4. The molecule has 1 atom stereocenters. The molecule has 7 nitrogen and oxygen atoms in total. The number of benzene rings is 2. The Hall–Kier alpha value is -3.86. The highest BCUT2D eigenvalue weighted by atomic mass is 32.2. The summed E-state index contributed by atoms with van der Waals surface area (Å²) in [5.41, 5.74) is 1.68. The number of rotatable bonds is 6. The van der Waals surface area contributed by atoms with Crippen molar-refractivity contribution in [2.75, 3.05) is 12.8 Å². The molecule has 0 radical (unpaired) electrons. The first-order valence-electron chi connectivity index (χ1n) is 12.5. The van der Waals surface area contributed by atoms with E-state index in [9.17, 15) is 18.0 Å². The fourth-order valence-corrected chi connectivity index (χ4v) is 4.96. The predicted molar refractivity (Wildman–Crippen MR) is 142 cm³/mol. The van der Waals surface area contributed by atoms with Crippen molar-refractivity contribution >= 4 is 17.9 Å². The first-order valence-corrected chi connectivity index (χ1v) is 13.7. The molecule has 3 heterocycles. The number of hydrogen-bond acceptors (Lipinski definition) is 6. The standard InChI is InChI=1S/C28H26F3N5O2S/c1-39-26-32-14-13-21(33-26)24-23(19-10-7-11-20(16-19)28(29,30)31)34-25(35-24)22-12-5-6-15-36(22)27(37)38-17-18-8-3-2-4-9-18/h2-4,7-11,13-14,16,22H,5-6,12,15,17H2,1H3,(H,34,35). The van der Waals surface area contributed by atoms with Gasteiger partial charge >= 0.3 is 12.3 Å². The third-order valence-corrected chi connectivity index (χ3v) is 7.08. The summed E-state index contributed by atoms with van der Waals surface area (Å²) in [7, 11) is 0. The second-order valence-corrected chi connectivity index (χ2v) is 9.87. The predicted octanol–water partition coefficient (Wildman–Crippen LogP) is 7.14. The van der Waals surface area contributed by atoms with E-state index in [2.05, 4.69) is 15.0 Å². The number of halogens is 3. The number of thioether (sulfide) groups is 1. The Kier molecular flexibility index (Phi) is 7.87. The van der Waals surface area contributed by atoms with Crippen LogP contribution in [-0.2, 0) is 17.5 Å². The van der Waals surface area contributed by atoms with Gasteiger partial charge in [-0.2, -0.15) is 13.2 Å². The molecule has 1 unspecified atom stereocenters. The molecule has 202 valence electrons. The van der Waals surface area contributed by atoms with Gasteiger partial charge in [0.1, 0.15) is 12.4 Å². The smallest absolute Gasteiger partial charge is 0.416 e. The Balaban J connectivity index is 1.52. The molecule has 1 saturated heterocycles. The van der Waals surface area contributed by atoms with Crippen molar-refractivity contribution in [1.82, 2.24) is 24.8 Å². The Morgan fingerprint density at radius 2 is 1.92 bits per heavy atom. The number of likely N-dealkylation sites (tertiary alicyclic amines) is 1. The lowest BCUT2D eigenvalue weighted by atomic mass is 10.0. The second-order valence-electron chi connectivity index (χ2n) is 9.10. The highest BCUT2D eigenvalue weighted by Crippen LogP contribution is 2.38. The lowest BCUT2D eigenvalue weighted by Gasteiger charge is -2.33. The molecule has 1 aliphatic heterocycles. The SMILES string of the molecule is CSc1nccc(-c2[nH]c(C3CCCCN3C(=O)OCc3ccccc3)nc2-c2cccc(C(F)(F)F)c2)n1. The van der Waals surface area contributed by atoms with E-state index < -0.39 is 23.9 Å². The summed E-state index contributed by atoms with van der Waals surface area (Å²) in [6.07, 6.45) is 0.785. The zero-order valence-corrected chi connectivity index (χ0v) is 21.9. The van der Waals surface area contributed by atoms with Crippen LogP contribution >= 0.6 is 11.8 Å². The first kappa shape index (κ1) is 26.7. The van der Waals surface area contributed by atoms with Crippen molar-refractivity contribution in [3.05, 3.63) is 83.8 Å². The molecule has 4 aromatic rings. The molecule has 1 aliphatic rings. The number of carbonyl (C=O) groups excluding carboxylic acids is 1. The van der Waals surface area contributed by atoms with Crippen molar-refractivity contribution in [1.29, 1.82) is 0 Å². The van der Waals surface area contributed by atoms with Gasteiger partial charge < -0.3 is 9.72 Å². The molecule has 11 heteroatoms. The van der Waals surface area contributed by atoms with E-state index in [-0.39, 0.29) is 6.61 Å². The third kappa shape index (κ3) is 6.08. The summed E-state index contributed by atoms with van der Waals surface area (Å²) in [5.74, 6) is 0.470. The Morgan fingerprint density at radius 1 is 1.10 bits per heavy atom. The van der Waals surface area contributed by atoms with E-state index in [4.69, 9.17) is 9.72 Å². The number of nitrogens with zero attached hydrogens (tertiary/aromatic N) is 4. The molecule has 0 saturated carbocycles. The van der Waals surface area contributed by atoms with Gasteiger partial charge in [-0.3, -0.25) is 4.90 Å². The van der Waals surface area contributed by atoms with Crippen LogP contribution in [0, 0.1) is 0 Å². The molecular formula is C28H26F3N5O2S. The van der Waals surface area contributed by atoms with Crippen LogP contribution in [0.1, 0.15) is 42.3 Å². The number of amides is 1. The number of hydrogen-bond donors (Lipinski definition) is 1. The summed E-state index contributed by atoms with van der Waals surface area (Å²) < 4.78 is 46.2. The van der Waals surface area contributed by atoms with Gasteiger partial charge in [-0.15, -0.1) is 0 Å². The van der Waals surface area contributed by atoms with Gasteiger partial charge in [0, 0.05) is 18.3 Å². The molecule has 1 N–H and O–H groups in total. The summed E-state index contributed by atoms with van der Waals surface area (Å²) in [4.78, 5) is 31.6. The Labute approximate surface area is 227 Å². The topological polar surface area (TPSA) is 84.0 Å². The van der Waals surface area contributed by atoms with E-state index >= 15 is 0 Å². The van der Waals surface area contributed by atoms with Crippen molar-refractivity contribution in [2.24, 2.45) is 0 Å². The average Bonchev–Trinajstić information content (AvgIpc) is 3.42. The van der Waals surface area contributed by atoms with Gasteiger partial charge in [-0.1, -0.05) is 54.2 Å². The number of piperidine rings is 1. The number of imidazole rings is 1. The summed E-state index contributed by atoms with van der Waals surface area (Å²) in [6, 6.07) is 15.7. The van der Waals surface area contributed by atoms with Crippen LogP contribution in [-0.4, -0.2) is 43.7 Å². The minimum atomic E-state index is -4.50. The maximum absolute atomic E-state index is 13.5. The lowest BCUT2D eigenvalue weighted by molar-refractivity contribution is -0.137. The molecule has 0 spiro atoms. The van der Waals surface area contributed by atoms with Gasteiger partial charge in [0.2, 0.25) is 0 Å². The minimum Gasteiger partial charge on any atom is -0.445 e. The van der Waals surface area contributed by atoms with Gasteiger partial charge in [0.05, 0.1) is 28.7 Å². The quantitative estimate of drug-likeness (QED) is 0.202. The van der Waals surface area contributed by atoms with Gasteiger partial charge in [-0.05, 0) is 49.3 Å². The van der Waals surface area contributed by atoms with Gasteiger partial charge in [0.25, 0.3) is 0 Å². The van der Waals surface area contributed by atoms with E-state index in [0.717, 1.165) is 30.5 Å². The summed E-state index contributed by atoms with van der Waals surface area (Å²) in [6.45, 7) is 0.623. The molecule has 0 aliphatic carbocycles. The van der Waals surface area contributed by atoms with Crippen molar-refractivity contribution in [3.8, 4) is 22.6 Å². The van der Waals surface area contributed by atoms with Gasteiger partial charge in [-0.25, -0.2) is 19.7 Å². The molecule has 0 bridgehead atoms. The van der Waals surface area contributed by atoms with Crippen LogP contribution < -0.4 is 0 Å². The highest BCUT2D eigenvalue weighted by molar-refractivity contribution is 7.98. The van der Waals surface area contributed by atoms with Crippen LogP contribution in [0.5, 0.6) is 0 Å². The number of H-pyrrole nitrogens is 1. The number of carbonyl (C=O) groups is 1. The highest BCUT2D eigenvalue weighted by Gasteiger charge is 2.34. The largest absolute Gasteiger partial charge is 0.445 e. The third-order valence-electron chi connectivity index (χ3n) is 6.52. The zero-order chi connectivity index (χ0) is 27.4. The molecule has 2 aromatic heterocycles. The summed E-state index contributed by atoms with van der Waals surface area (Å²) in [5, 5.41) is 0.516. The molecule has 2 aromatic carbocycles. The monoisotopic (exact) mass is 553 g/mol. The van der Waals surface area contributed by atoms with E-state index in [0.29, 0.717) is 46.6 Å². The van der Waals surface area contributed by atoms with Crippen LogP contribution in [0.15, 0.2) is 72.0 Å². The van der Waals surface area contributed by atoms with Gasteiger partial charge in [0.15, 0.2) is 5.16 Å². The fraction of sp³-hybridized carbons (Fsp3) is 0.286. The second kappa shape index (κ2) is 11.5. The normalized spacial score (nSPS) is 15.8. The van der Waals surface area contributed by atoms with E-state index in [1.807, 2.05) is 36.6 Å². The number of aromatic amines is 1. The van der Waals surface area contributed by atoms with Crippen LogP contribution in [0.2, 0.25) is 0 Å². The van der Waals surface area contributed by atoms with Crippen LogP contribution in [0.25, 0.3) is 22.6 Å². The lowest BCUT2D eigenvalue weighted by Crippen LogP contribution is -2.39. The molecule has 1 amide bonds. The van der Waals surface area contributed by atoms with Crippen molar-refractivity contribution in [3.63, 3.8) is 0 Å². The molecular weight excluding hydrogens is 527 g/mol. The Bertz CT molecular complexity index is 1440. The van der Waals surface area contributed by atoms with Crippen molar-refractivity contribution < 1.29 is 22.7 Å². The van der Waals surface area contributed by atoms with Crippen LogP contribution in [0.3, 0.4) is 0 Å². The van der Waals surface area contributed by atoms with Crippen LogP contribution in [0.4, 0.5) is 18.0 Å².